The van der Waals surface area contributed by atoms with E-state index in [4.69, 9.17) is 0 Å². The van der Waals surface area contributed by atoms with Gasteiger partial charge in [0.25, 0.3) is 0 Å². The number of alkyl halides is 3. The van der Waals surface area contributed by atoms with Gasteiger partial charge in [0, 0.05) is 25.2 Å². The first-order valence-corrected chi connectivity index (χ1v) is 6.01. The van der Waals surface area contributed by atoms with E-state index in [0.717, 1.165) is 6.07 Å². The molecule has 0 saturated carbocycles. The van der Waals surface area contributed by atoms with Gasteiger partial charge in [0.15, 0.2) is 5.69 Å². The molecule has 1 aromatic heterocycles. The first-order chi connectivity index (χ1) is 9.90. The molecule has 1 aromatic carbocycles. The van der Waals surface area contributed by atoms with Crippen molar-refractivity contribution in [2.45, 2.75) is 12.7 Å². The van der Waals surface area contributed by atoms with Crippen LogP contribution in [0.2, 0.25) is 0 Å². The predicted molar refractivity (Wildman–Crippen MR) is 70.3 cm³/mol. The lowest BCUT2D eigenvalue weighted by Gasteiger charge is -2.11. The van der Waals surface area contributed by atoms with Crippen LogP contribution in [0.25, 0.3) is 0 Å². The summed E-state index contributed by atoms with van der Waals surface area (Å²) in [6.45, 7) is 0.0180. The fourth-order valence-electron chi connectivity index (χ4n) is 1.62. The Morgan fingerprint density at radius 3 is 2.48 bits per heavy atom. The van der Waals surface area contributed by atoms with Gasteiger partial charge in [0.1, 0.15) is 11.6 Å². The summed E-state index contributed by atoms with van der Waals surface area (Å²) in [6.07, 6.45) is -4.58. The lowest BCUT2D eigenvalue weighted by atomic mass is 10.2. The third-order valence-electron chi connectivity index (χ3n) is 2.66. The average molecular weight is 300 g/mol. The summed E-state index contributed by atoms with van der Waals surface area (Å²) >= 11 is 0. The van der Waals surface area contributed by atoms with Crippen LogP contribution >= 0.6 is 0 Å². The van der Waals surface area contributed by atoms with Crippen LogP contribution in [0.3, 0.4) is 0 Å². The number of benzene rings is 1. The molecule has 21 heavy (non-hydrogen) atoms. The van der Waals surface area contributed by atoms with Crippen molar-refractivity contribution in [1.82, 2.24) is 9.97 Å². The summed E-state index contributed by atoms with van der Waals surface area (Å²) in [6, 6.07) is 6.76. The topological polar surface area (TPSA) is 49.8 Å². The highest BCUT2D eigenvalue weighted by Gasteiger charge is 2.33. The standard InChI is InChI=1S/C13H12F4N4/c1-18-12-20-10(13(15,16)17)6-11(21-12)19-7-8-4-2-3-5-9(8)14/h2-6H,7H2,1H3,(H2,18,19,20,21). The van der Waals surface area contributed by atoms with E-state index in [2.05, 4.69) is 20.6 Å². The minimum Gasteiger partial charge on any atom is -0.366 e. The fourth-order valence-corrected chi connectivity index (χ4v) is 1.62. The average Bonchev–Trinajstić information content (AvgIpc) is 2.45. The van der Waals surface area contributed by atoms with Crippen molar-refractivity contribution in [1.29, 1.82) is 0 Å². The molecule has 8 heteroatoms. The largest absolute Gasteiger partial charge is 0.433 e. The lowest BCUT2D eigenvalue weighted by Crippen LogP contribution is -2.13. The summed E-state index contributed by atoms with van der Waals surface area (Å²) < 4.78 is 51.6. The quantitative estimate of drug-likeness (QED) is 0.851. The monoisotopic (exact) mass is 300 g/mol. The Kier molecular flexibility index (Phi) is 4.25. The number of rotatable bonds is 4. The number of hydrogen-bond donors (Lipinski definition) is 2. The third-order valence-corrected chi connectivity index (χ3v) is 2.66. The highest BCUT2D eigenvalue weighted by molar-refractivity contribution is 5.43. The zero-order chi connectivity index (χ0) is 15.5. The van der Waals surface area contributed by atoms with Crippen LogP contribution in [-0.2, 0) is 12.7 Å². The van der Waals surface area contributed by atoms with Crippen LogP contribution in [0.4, 0.5) is 29.3 Å². The van der Waals surface area contributed by atoms with E-state index in [0.29, 0.717) is 5.56 Å². The van der Waals surface area contributed by atoms with Crippen LogP contribution in [0, 0.1) is 5.82 Å². The van der Waals surface area contributed by atoms with Crippen LogP contribution in [0.5, 0.6) is 0 Å². The van der Waals surface area contributed by atoms with Gasteiger partial charge in [-0.15, -0.1) is 0 Å². The molecule has 0 bridgehead atoms. The van der Waals surface area contributed by atoms with E-state index in [1.165, 1.54) is 25.2 Å². The van der Waals surface area contributed by atoms with Crippen molar-refractivity contribution >= 4 is 11.8 Å². The van der Waals surface area contributed by atoms with Gasteiger partial charge < -0.3 is 10.6 Å². The Hall–Kier alpha value is -2.38. The molecule has 0 atom stereocenters. The Morgan fingerprint density at radius 1 is 1.14 bits per heavy atom. The van der Waals surface area contributed by atoms with Gasteiger partial charge in [-0.05, 0) is 6.07 Å². The van der Waals surface area contributed by atoms with Crippen molar-refractivity contribution in [2.24, 2.45) is 0 Å². The molecule has 0 spiro atoms. The molecule has 2 N–H and O–H groups in total. The van der Waals surface area contributed by atoms with Gasteiger partial charge in [0.2, 0.25) is 5.95 Å². The lowest BCUT2D eigenvalue weighted by molar-refractivity contribution is -0.141. The van der Waals surface area contributed by atoms with E-state index in [1.807, 2.05) is 0 Å². The molecule has 2 rings (SSSR count). The molecule has 0 amide bonds. The second-order valence-electron chi connectivity index (χ2n) is 4.15. The smallest absolute Gasteiger partial charge is 0.366 e. The molecule has 0 aliphatic rings. The molecule has 0 fully saturated rings. The zero-order valence-corrected chi connectivity index (χ0v) is 11.0. The van der Waals surface area contributed by atoms with E-state index >= 15 is 0 Å². The molecule has 2 aromatic rings. The Balaban J connectivity index is 2.22. The van der Waals surface area contributed by atoms with Gasteiger partial charge in [-0.25, -0.2) is 9.37 Å². The molecular weight excluding hydrogens is 288 g/mol. The number of hydrogen-bond acceptors (Lipinski definition) is 4. The zero-order valence-electron chi connectivity index (χ0n) is 11.0. The molecule has 1 heterocycles. The molecule has 112 valence electrons. The van der Waals surface area contributed by atoms with Crippen molar-refractivity contribution in [3.8, 4) is 0 Å². The van der Waals surface area contributed by atoms with Gasteiger partial charge in [-0.3, -0.25) is 0 Å². The number of aromatic nitrogens is 2. The molecular formula is C13H12F4N4. The van der Waals surface area contributed by atoms with E-state index in [-0.39, 0.29) is 18.3 Å². The summed E-state index contributed by atoms with van der Waals surface area (Å²) in [5, 5.41) is 5.11. The maximum Gasteiger partial charge on any atom is 0.433 e. The summed E-state index contributed by atoms with van der Waals surface area (Å²) in [4.78, 5) is 7.19. The Bertz CT molecular complexity index is 628. The van der Waals surface area contributed by atoms with E-state index < -0.39 is 17.7 Å². The molecule has 0 aliphatic carbocycles. The number of nitrogens with zero attached hydrogens (tertiary/aromatic N) is 2. The van der Waals surface area contributed by atoms with Gasteiger partial charge >= 0.3 is 6.18 Å². The maximum atomic E-state index is 13.4. The predicted octanol–water partition coefficient (Wildman–Crippen LogP) is 3.29. The van der Waals surface area contributed by atoms with Crippen LogP contribution in [0.15, 0.2) is 30.3 Å². The normalized spacial score (nSPS) is 11.3. The molecule has 0 aliphatic heterocycles. The third kappa shape index (κ3) is 3.80. The number of anilines is 2. The van der Waals surface area contributed by atoms with Crippen molar-refractivity contribution < 1.29 is 17.6 Å². The van der Waals surface area contributed by atoms with Gasteiger partial charge in [-0.1, -0.05) is 18.2 Å². The van der Waals surface area contributed by atoms with Crippen LogP contribution in [-0.4, -0.2) is 17.0 Å². The van der Waals surface area contributed by atoms with Crippen LogP contribution in [0.1, 0.15) is 11.3 Å². The Labute approximate surface area is 118 Å². The second kappa shape index (κ2) is 5.94. The van der Waals surface area contributed by atoms with E-state index in [1.54, 1.807) is 6.07 Å². The maximum absolute atomic E-state index is 13.4. The number of nitrogens with one attached hydrogen (secondary N) is 2. The minimum atomic E-state index is -4.58. The molecule has 0 saturated heterocycles. The molecule has 4 nitrogen and oxygen atoms in total. The summed E-state index contributed by atoms with van der Waals surface area (Å²) in [7, 11) is 1.41. The SMILES string of the molecule is CNc1nc(NCc2ccccc2F)cc(C(F)(F)F)n1. The van der Waals surface area contributed by atoms with Gasteiger partial charge in [0.05, 0.1) is 0 Å². The van der Waals surface area contributed by atoms with Gasteiger partial charge in [-0.2, -0.15) is 18.2 Å². The molecule has 0 unspecified atom stereocenters. The fraction of sp³-hybridized carbons (Fsp3) is 0.231. The minimum absolute atomic E-state index is 0.0180. The first-order valence-electron chi connectivity index (χ1n) is 6.01. The van der Waals surface area contributed by atoms with Crippen molar-refractivity contribution in [3.63, 3.8) is 0 Å². The highest BCUT2D eigenvalue weighted by atomic mass is 19.4. The van der Waals surface area contributed by atoms with Crippen molar-refractivity contribution in [3.05, 3.63) is 47.4 Å². The van der Waals surface area contributed by atoms with E-state index in [9.17, 15) is 17.6 Å². The molecule has 0 radical (unpaired) electrons. The second-order valence-corrected chi connectivity index (χ2v) is 4.15. The first kappa shape index (κ1) is 15.0. The van der Waals surface area contributed by atoms with Crippen molar-refractivity contribution in [2.75, 3.05) is 17.7 Å². The summed E-state index contributed by atoms with van der Waals surface area (Å²) in [5.41, 5.74) is -0.742. The Morgan fingerprint density at radius 2 is 1.86 bits per heavy atom. The number of halogens is 4. The summed E-state index contributed by atoms with van der Waals surface area (Å²) in [5.74, 6) is -0.644. The van der Waals surface area contributed by atoms with Crippen LogP contribution < -0.4 is 10.6 Å². The highest BCUT2D eigenvalue weighted by Crippen LogP contribution is 2.29.